The number of para-hydroxylation sites is 1. The van der Waals surface area contributed by atoms with E-state index in [-0.39, 0.29) is 5.75 Å². The molecule has 0 spiro atoms. The summed E-state index contributed by atoms with van der Waals surface area (Å²) in [5.41, 5.74) is 7.37. The first-order chi connectivity index (χ1) is 8.51. The lowest BCUT2D eigenvalue weighted by Crippen LogP contribution is -2.33. The molecule has 5 heteroatoms. The summed E-state index contributed by atoms with van der Waals surface area (Å²) in [7, 11) is -3.17. The van der Waals surface area contributed by atoms with Gasteiger partial charge in [-0.05, 0) is 24.5 Å². The summed E-state index contributed by atoms with van der Waals surface area (Å²) in [6.45, 7) is 4.75. The third-order valence-electron chi connectivity index (χ3n) is 2.73. The van der Waals surface area contributed by atoms with E-state index in [0.717, 1.165) is 12.0 Å². The topological polar surface area (TPSA) is 63.4 Å². The second kappa shape index (κ2) is 6.75. The second-order valence-electron chi connectivity index (χ2n) is 4.35. The highest BCUT2D eigenvalue weighted by molar-refractivity contribution is 7.89. The average molecular weight is 270 g/mol. The second-order valence-corrected chi connectivity index (χ2v) is 6.44. The first-order valence-electron chi connectivity index (χ1n) is 6.32. The number of anilines is 1. The summed E-state index contributed by atoms with van der Waals surface area (Å²) >= 11 is 0. The van der Waals surface area contributed by atoms with Crippen molar-refractivity contribution in [1.82, 2.24) is 4.31 Å². The van der Waals surface area contributed by atoms with Crippen molar-refractivity contribution in [1.29, 1.82) is 0 Å². The van der Waals surface area contributed by atoms with Crippen LogP contribution < -0.4 is 5.73 Å². The largest absolute Gasteiger partial charge is 0.398 e. The van der Waals surface area contributed by atoms with Gasteiger partial charge in [0.25, 0.3) is 0 Å². The molecule has 0 saturated heterocycles. The van der Waals surface area contributed by atoms with Crippen molar-refractivity contribution in [3.63, 3.8) is 0 Å². The standard InChI is InChI=1S/C13H22N2O2S/c1-3-9-15(18(16,17)10-4-2)11-12-7-5-6-8-13(12)14/h5-8H,3-4,9-11,14H2,1-2H3. The van der Waals surface area contributed by atoms with Gasteiger partial charge in [-0.2, -0.15) is 4.31 Å². The molecule has 0 radical (unpaired) electrons. The zero-order valence-electron chi connectivity index (χ0n) is 11.1. The maximum Gasteiger partial charge on any atom is 0.214 e. The molecule has 0 aromatic heterocycles. The van der Waals surface area contributed by atoms with Gasteiger partial charge in [0, 0.05) is 18.8 Å². The first kappa shape index (κ1) is 15.0. The Morgan fingerprint density at radius 1 is 1.17 bits per heavy atom. The van der Waals surface area contributed by atoms with E-state index in [2.05, 4.69) is 0 Å². The highest BCUT2D eigenvalue weighted by Crippen LogP contribution is 2.16. The van der Waals surface area contributed by atoms with Crippen LogP contribution in [0.1, 0.15) is 32.3 Å². The van der Waals surface area contributed by atoms with E-state index in [1.165, 1.54) is 4.31 Å². The zero-order valence-corrected chi connectivity index (χ0v) is 11.9. The van der Waals surface area contributed by atoms with E-state index < -0.39 is 10.0 Å². The first-order valence-corrected chi connectivity index (χ1v) is 7.93. The predicted octanol–water partition coefficient (Wildman–Crippen LogP) is 2.22. The van der Waals surface area contributed by atoms with Crippen LogP contribution in [0.5, 0.6) is 0 Å². The average Bonchev–Trinajstić information content (AvgIpc) is 2.31. The van der Waals surface area contributed by atoms with Gasteiger partial charge >= 0.3 is 0 Å². The Balaban J connectivity index is 2.91. The van der Waals surface area contributed by atoms with E-state index in [0.29, 0.717) is 25.2 Å². The smallest absolute Gasteiger partial charge is 0.214 e. The Labute approximate surface area is 110 Å². The zero-order chi connectivity index (χ0) is 13.6. The molecule has 1 rings (SSSR count). The predicted molar refractivity (Wildman–Crippen MR) is 75.6 cm³/mol. The van der Waals surface area contributed by atoms with Crippen LogP contribution in [-0.4, -0.2) is 25.0 Å². The van der Waals surface area contributed by atoms with Gasteiger partial charge in [-0.25, -0.2) is 8.42 Å². The molecule has 102 valence electrons. The van der Waals surface area contributed by atoms with E-state index in [4.69, 9.17) is 5.73 Å². The minimum atomic E-state index is -3.17. The highest BCUT2D eigenvalue weighted by atomic mass is 32.2. The fourth-order valence-corrected chi connectivity index (χ4v) is 3.39. The Hall–Kier alpha value is -1.07. The molecule has 2 N–H and O–H groups in total. The molecule has 0 aliphatic rings. The number of rotatable bonds is 7. The molecule has 0 aliphatic carbocycles. The van der Waals surface area contributed by atoms with Crippen LogP contribution in [0.2, 0.25) is 0 Å². The molecule has 1 aromatic carbocycles. The Kier molecular flexibility index (Phi) is 5.62. The van der Waals surface area contributed by atoms with Crippen molar-refractivity contribution in [2.45, 2.75) is 33.2 Å². The summed E-state index contributed by atoms with van der Waals surface area (Å²) in [5.74, 6) is 0.194. The minimum Gasteiger partial charge on any atom is -0.398 e. The van der Waals surface area contributed by atoms with Crippen LogP contribution in [0.3, 0.4) is 0 Å². The van der Waals surface area contributed by atoms with E-state index in [1.807, 2.05) is 32.0 Å². The van der Waals surface area contributed by atoms with Crippen molar-refractivity contribution < 1.29 is 8.42 Å². The van der Waals surface area contributed by atoms with E-state index in [9.17, 15) is 8.42 Å². The molecule has 0 fully saturated rings. The van der Waals surface area contributed by atoms with Crippen LogP contribution in [0, 0.1) is 0 Å². The number of nitrogens with two attached hydrogens (primary N) is 1. The van der Waals surface area contributed by atoms with Crippen LogP contribution in [-0.2, 0) is 16.6 Å². The van der Waals surface area contributed by atoms with Crippen molar-refractivity contribution in [2.24, 2.45) is 0 Å². The lowest BCUT2D eigenvalue weighted by Gasteiger charge is -2.22. The van der Waals surface area contributed by atoms with Crippen LogP contribution in [0.15, 0.2) is 24.3 Å². The monoisotopic (exact) mass is 270 g/mol. The Morgan fingerprint density at radius 3 is 2.39 bits per heavy atom. The molecule has 0 heterocycles. The van der Waals surface area contributed by atoms with Crippen molar-refractivity contribution >= 4 is 15.7 Å². The molecule has 1 aromatic rings. The van der Waals surface area contributed by atoms with Crippen LogP contribution >= 0.6 is 0 Å². The highest BCUT2D eigenvalue weighted by Gasteiger charge is 2.20. The van der Waals surface area contributed by atoms with E-state index in [1.54, 1.807) is 6.07 Å². The van der Waals surface area contributed by atoms with Gasteiger partial charge in [-0.3, -0.25) is 0 Å². The SMILES string of the molecule is CCCN(Cc1ccccc1N)S(=O)(=O)CCC. The molecule has 0 amide bonds. The Morgan fingerprint density at radius 2 is 1.83 bits per heavy atom. The quantitative estimate of drug-likeness (QED) is 0.773. The molecule has 18 heavy (non-hydrogen) atoms. The maximum absolute atomic E-state index is 12.1. The van der Waals surface area contributed by atoms with Crippen molar-refractivity contribution in [2.75, 3.05) is 18.0 Å². The van der Waals surface area contributed by atoms with Gasteiger partial charge in [-0.1, -0.05) is 32.0 Å². The maximum atomic E-state index is 12.1. The third kappa shape index (κ3) is 3.99. The molecule has 0 unspecified atom stereocenters. The normalized spacial score (nSPS) is 11.9. The van der Waals surface area contributed by atoms with Gasteiger partial charge in [0.1, 0.15) is 0 Å². The number of nitrogens with zero attached hydrogens (tertiary/aromatic N) is 1. The summed E-state index contributed by atoms with van der Waals surface area (Å²) in [6.07, 6.45) is 1.43. The van der Waals surface area contributed by atoms with Crippen LogP contribution in [0.4, 0.5) is 5.69 Å². The summed E-state index contributed by atoms with van der Waals surface area (Å²) in [6, 6.07) is 7.40. The van der Waals surface area contributed by atoms with Crippen LogP contribution in [0.25, 0.3) is 0 Å². The van der Waals surface area contributed by atoms with Crippen molar-refractivity contribution in [3.05, 3.63) is 29.8 Å². The molecule has 0 saturated carbocycles. The number of benzene rings is 1. The molecule has 4 nitrogen and oxygen atoms in total. The molecule has 0 atom stereocenters. The lowest BCUT2D eigenvalue weighted by molar-refractivity contribution is 0.406. The van der Waals surface area contributed by atoms with Gasteiger partial charge < -0.3 is 5.73 Å². The minimum absolute atomic E-state index is 0.194. The lowest BCUT2D eigenvalue weighted by atomic mass is 10.2. The van der Waals surface area contributed by atoms with Gasteiger partial charge in [-0.15, -0.1) is 0 Å². The fraction of sp³-hybridized carbons (Fsp3) is 0.538. The van der Waals surface area contributed by atoms with Gasteiger partial charge in [0.05, 0.1) is 5.75 Å². The van der Waals surface area contributed by atoms with Gasteiger partial charge in [0.2, 0.25) is 10.0 Å². The third-order valence-corrected chi connectivity index (χ3v) is 4.75. The van der Waals surface area contributed by atoms with Gasteiger partial charge in [0.15, 0.2) is 0 Å². The molecule has 0 bridgehead atoms. The summed E-state index contributed by atoms with van der Waals surface area (Å²) < 4.78 is 25.8. The summed E-state index contributed by atoms with van der Waals surface area (Å²) in [4.78, 5) is 0. The van der Waals surface area contributed by atoms with Crippen molar-refractivity contribution in [3.8, 4) is 0 Å². The fourth-order valence-electron chi connectivity index (χ4n) is 1.82. The number of hydrogen-bond donors (Lipinski definition) is 1. The number of hydrogen-bond acceptors (Lipinski definition) is 3. The Bertz CT molecular complexity index is 472. The summed E-state index contributed by atoms with van der Waals surface area (Å²) in [5, 5.41) is 0. The molecule has 0 aliphatic heterocycles. The number of nitrogen functional groups attached to an aromatic ring is 1. The molecular weight excluding hydrogens is 248 g/mol. The van der Waals surface area contributed by atoms with E-state index >= 15 is 0 Å². The number of sulfonamides is 1. The molecular formula is C13H22N2O2S.